The number of esters is 1. The van der Waals surface area contributed by atoms with Crippen molar-refractivity contribution < 1.29 is 19.0 Å². The van der Waals surface area contributed by atoms with E-state index < -0.39 is 0 Å². The van der Waals surface area contributed by atoms with E-state index in [2.05, 4.69) is 10.1 Å². The molecule has 0 N–H and O–H groups in total. The number of carbonyl (C=O) groups excluding carboxylic acids is 1. The first-order chi connectivity index (χ1) is 15.9. The van der Waals surface area contributed by atoms with Crippen molar-refractivity contribution >= 4 is 28.6 Å². The van der Waals surface area contributed by atoms with E-state index >= 15 is 0 Å². The monoisotopic (exact) mass is 468 g/mol. The number of carbonyl (C=O) groups is 1. The molecule has 33 heavy (non-hydrogen) atoms. The molecule has 0 unspecified atom stereocenters. The summed E-state index contributed by atoms with van der Waals surface area (Å²) in [4.78, 5) is 17.1. The van der Waals surface area contributed by atoms with Crippen LogP contribution in [0.5, 0.6) is 5.75 Å². The van der Waals surface area contributed by atoms with Crippen molar-refractivity contribution in [1.29, 1.82) is 0 Å². The Morgan fingerprint density at radius 2 is 1.88 bits per heavy atom. The fraction of sp³-hybridized carbons (Fsp3) is 0.292. The normalized spacial score (nSPS) is 11.2. The van der Waals surface area contributed by atoms with Gasteiger partial charge in [0.2, 0.25) is 0 Å². The Labute approximate surface area is 196 Å². The molecule has 0 aliphatic rings. The molecule has 172 valence electrons. The highest BCUT2D eigenvalue weighted by atomic mass is 35.5. The van der Waals surface area contributed by atoms with Gasteiger partial charge in [0.25, 0.3) is 0 Å². The number of benzene rings is 2. The number of nitrogens with zero attached hydrogens (tertiary/aromatic N) is 4. The molecule has 0 saturated heterocycles. The molecule has 2 heterocycles. The summed E-state index contributed by atoms with van der Waals surface area (Å²) in [6.07, 6.45) is 0.100. The Morgan fingerprint density at radius 1 is 1.06 bits per heavy atom. The van der Waals surface area contributed by atoms with Crippen molar-refractivity contribution in [3.63, 3.8) is 0 Å². The van der Waals surface area contributed by atoms with E-state index in [0.717, 1.165) is 33.7 Å². The van der Waals surface area contributed by atoms with Crippen LogP contribution in [-0.2, 0) is 48.0 Å². The van der Waals surface area contributed by atoms with Crippen LogP contribution in [-0.4, -0.2) is 39.5 Å². The first-order valence-corrected chi connectivity index (χ1v) is 10.7. The first-order valence-electron chi connectivity index (χ1n) is 10.3. The summed E-state index contributed by atoms with van der Waals surface area (Å²) in [6, 6.07) is 13.0. The number of fused-ring (bicyclic) bond motifs is 1. The zero-order valence-corrected chi connectivity index (χ0v) is 19.7. The number of ether oxygens (including phenoxy) is 3. The molecule has 0 amide bonds. The zero-order chi connectivity index (χ0) is 23.5. The van der Waals surface area contributed by atoms with Crippen LogP contribution in [0.25, 0.3) is 22.3 Å². The average molecular weight is 469 g/mol. The van der Waals surface area contributed by atoms with E-state index in [1.165, 1.54) is 0 Å². The van der Waals surface area contributed by atoms with E-state index in [-0.39, 0.29) is 19.0 Å². The maximum Gasteiger partial charge on any atom is 0.312 e. The quantitative estimate of drug-likeness (QED) is 0.363. The summed E-state index contributed by atoms with van der Waals surface area (Å²) in [5.74, 6) is 1.12. The molecule has 0 saturated carbocycles. The van der Waals surface area contributed by atoms with Gasteiger partial charge in [0, 0.05) is 37.5 Å². The summed E-state index contributed by atoms with van der Waals surface area (Å²) in [5, 5.41) is 5.09. The Balaban J connectivity index is 1.43. The smallest absolute Gasteiger partial charge is 0.312 e. The van der Waals surface area contributed by atoms with Gasteiger partial charge in [-0.2, -0.15) is 5.10 Å². The van der Waals surface area contributed by atoms with Crippen molar-refractivity contribution in [2.75, 3.05) is 14.2 Å². The molecule has 4 aromatic rings. The lowest BCUT2D eigenvalue weighted by Gasteiger charge is -2.06. The second kappa shape index (κ2) is 9.64. The van der Waals surface area contributed by atoms with Crippen molar-refractivity contribution in [2.45, 2.75) is 19.6 Å². The van der Waals surface area contributed by atoms with E-state index in [9.17, 15) is 4.79 Å². The van der Waals surface area contributed by atoms with Crippen LogP contribution in [0.1, 0.15) is 17.1 Å². The van der Waals surface area contributed by atoms with Gasteiger partial charge in [-0.15, -0.1) is 0 Å². The maximum atomic E-state index is 12.5. The Bertz CT molecular complexity index is 1310. The molecular weight excluding hydrogens is 444 g/mol. The zero-order valence-electron chi connectivity index (χ0n) is 19.0. The van der Waals surface area contributed by atoms with Crippen molar-refractivity contribution in [3.8, 4) is 17.0 Å². The lowest BCUT2D eigenvalue weighted by molar-refractivity contribution is -0.144. The van der Waals surface area contributed by atoms with E-state index in [0.29, 0.717) is 23.1 Å². The number of imidazole rings is 1. The summed E-state index contributed by atoms with van der Waals surface area (Å²) in [6.45, 7) is 0.602. The van der Waals surface area contributed by atoms with Gasteiger partial charge < -0.3 is 18.8 Å². The number of aromatic nitrogens is 4. The third-order valence-corrected chi connectivity index (χ3v) is 5.69. The minimum Gasteiger partial charge on any atom is -0.496 e. The second-order valence-corrected chi connectivity index (χ2v) is 8.11. The minimum atomic E-state index is -0.339. The maximum absolute atomic E-state index is 12.5. The molecule has 0 bridgehead atoms. The van der Waals surface area contributed by atoms with Crippen LogP contribution in [0.4, 0.5) is 0 Å². The second-order valence-electron chi connectivity index (χ2n) is 7.67. The highest BCUT2D eigenvalue weighted by molar-refractivity contribution is 6.30. The predicted octanol–water partition coefficient (Wildman–Crippen LogP) is 4.07. The van der Waals surface area contributed by atoms with Crippen LogP contribution in [0, 0.1) is 0 Å². The topological polar surface area (TPSA) is 80.4 Å². The van der Waals surface area contributed by atoms with Gasteiger partial charge in [-0.3, -0.25) is 9.48 Å². The summed E-state index contributed by atoms with van der Waals surface area (Å²) >= 11 is 6.05. The molecular formula is C24H25ClN4O4. The van der Waals surface area contributed by atoms with Crippen LogP contribution in [0.2, 0.25) is 5.02 Å². The molecule has 0 aliphatic carbocycles. The van der Waals surface area contributed by atoms with Crippen molar-refractivity contribution in [1.82, 2.24) is 19.3 Å². The average Bonchev–Trinajstić information content (AvgIpc) is 3.31. The van der Waals surface area contributed by atoms with E-state index in [1.54, 1.807) is 38.1 Å². The predicted molar refractivity (Wildman–Crippen MR) is 125 cm³/mol. The summed E-state index contributed by atoms with van der Waals surface area (Å²) in [5.41, 5.74) is 4.93. The Hall–Kier alpha value is -3.36. The summed E-state index contributed by atoms with van der Waals surface area (Å²) in [7, 11) is 6.96. The number of rotatable bonds is 8. The number of hydrogen-bond donors (Lipinski definition) is 0. The SMILES string of the molecule is COCc1nc2cc(COC(=O)Cc3cc(-c4ccc(Cl)cc4OC)nn3C)ccc2n1C. The fourth-order valence-electron chi connectivity index (χ4n) is 3.69. The van der Waals surface area contributed by atoms with Crippen molar-refractivity contribution in [3.05, 3.63) is 64.6 Å². The van der Waals surface area contributed by atoms with Gasteiger partial charge in [-0.25, -0.2) is 4.98 Å². The highest BCUT2D eigenvalue weighted by Crippen LogP contribution is 2.32. The molecule has 2 aromatic heterocycles. The molecule has 2 aromatic carbocycles. The van der Waals surface area contributed by atoms with Gasteiger partial charge in [0.15, 0.2) is 0 Å². The Morgan fingerprint density at radius 3 is 2.64 bits per heavy atom. The molecule has 0 fully saturated rings. The highest BCUT2D eigenvalue weighted by Gasteiger charge is 2.16. The minimum absolute atomic E-state index is 0.100. The third-order valence-electron chi connectivity index (χ3n) is 5.45. The van der Waals surface area contributed by atoms with E-state index in [4.69, 9.17) is 25.8 Å². The summed E-state index contributed by atoms with van der Waals surface area (Å²) < 4.78 is 19.8. The largest absolute Gasteiger partial charge is 0.496 e. The first kappa shape index (κ1) is 22.8. The fourth-order valence-corrected chi connectivity index (χ4v) is 3.85. The molecule has 0 spiro atoms. The van der Waals surface area contributed by atoms with Gasteiger partial charge in [-0.05, 0) is 42.0 Å². The lowest BCUT2D eigenvalue weighted by Crippen LogP contribution is -2.11. The van der Waals surface area contributed by atoms with Crippen LogP contribution >= 0.6 is 11.6 Å². The lowest BCUT2D eigenvalue weighted by atomic mass is 10.1. The van der Waals surface area contributed by atoms with E-state index in [1.807, 2.05) is 41.9 Å². The molecule has 9 heteroatoms. The number of methoxy groups -OCH3 is 2. The molecule has 4 rings (SSSR count). The molecule has 0 aliphatic heterocycles. The van der Waals surface area contributed by atoms with Crippen molar-refractivity contribution in [2.24, 2.45) is 14.1 Å². The third kappa shape index (κ3) is 4.86. The van der Waals surface area contributed by atoms with Gasteiger partial charge in [-0.1, -0.05) is 17.7 Å². The molecule has 0 atom stereocenters. The van der Waals surface area contributed by atoms with Crippen LogP contribution in [0.15, 0.2) is 42.5 Å². The number of aryl methyl sites for hydroxylation is 2. The standard InChI is InChI=1S/C24H25ClN4O4/c1-28-21-8-5-15(9-20(21)26-23(28)14-31-3)13-33-24(30)12-17-11-19(27-29(17)2)18-7-6-16(25)10-22(18)32-4/h5-11H,12-14H2,1-4H3. The molecule has 8 nitrogen and oxygen atoms in total. The van der Waals surface area contributed by atoms with Gasteiger partial charge >= 0.3 is 5.97 Å². The van der Waals surface area contributed by atoms with Gasteiger partial charge in [0.1, 0.15) is 24.8 Å². The number of hydrogen-bond acceptors (Lipinski definition) is 6. The molecule has 0 radical (unpaired) electrons. The Kier molecular flexibility index (Phi) is 6.67. The van der Waals surface area contributed by atoms with Crippen LogP contribution < -0.4 is 4.74 Å². The van der Waals surface area contributed by atoms with Crippen LogP contribution in [0.3, 0.4) is 0 Å². The number of halogens is 1. The van der Waals surface area contributed by atoms with Gasteiger partial charge in [0.05, 0.1) is 30.3 Å².